The summed E-state index contributed by atoms with van der Waals surface area (Å²) in [5.41, 5.74) is 0.796. The number of pyridine rings is 1. The number of Topliss-reactive ketones (excluding diaryl/α,β-unsaturated/α-hetero) is 1. The second kappa shape index (κ2) is 8.18. The van der Waals surface area contributed by atoms with Gasteiger partial charge in [0.2, 0.25) is 0 Å². The Balaban J connectivity index is 0.00000256. The highest BCUT2D eigenvalue weighted by atomic mass is 79.9. The molecule has 0 bridgehead atoms. The van der Waals surface area contributed by atoms with E-state index in [-0.39, 0.29) is 22.8 Å². The van der Waals surface area contributed by atoms with Crippen molar-refractivity contribution in [2.75, 3.05) is 0 Å². The van der Waals surface area contributed by atoms with Gasteiger partial charge in [-0.15, -0.1) is 0 Å². The van der Waals surface area contributed by atoms with Crippen LogP contribution in [0.5, 0.6) is 0 Å². The minimum Gasteiger partial charge on any atom is -1.00 e. The Labute approximate surface area is 114 Å². The first-order valence-electron chi connectivity index (χ1n) is 5.76. The number of aromatic nitrogens is 1. The van der Waals surface area contributed by atoms with Gasteiger partial charge in [0, 0.05) is 12.5 Å². The highest BCUT2D eigenvalue weighted by Gasteiger charge is 2.10. The molecule has 0 radical (unpaired) electrons. The molecule has 0 aliphatic carbocycles. The number of carbonyl (C=O) groups is 1. The number of allylic oxidation sites excluding steroid dienone is 1. The van der Waals surface area contributed by atoms with Crippen LogP contribution in [0.3, 0.4) is 0 Å². The summed E-state index contributed by atoms with van der Waals surface area (Å²) < 4.78 is 1.97. The second-order valence-corrected chi connectivity index (χ2v) is 4.43. The van der Waals surface area contributed by atoms with Gasteiger partial charge in [0.05, 0.1) is 5.56 Å². The van der Waals surface area contributed by atoms with Crippen molar-refractivity contribution in [2.24, 2.45) is 5.92 Å². The Bertz CT molecular complexity index is 374. The molecule has 2 nitrogen and oxygen atoms in total. The Morgan fingerprint density at radius 2 is 2.24 bits per heavy atom. The van der Waals surface area contributed by atoms with Gasteiger partial charge in [-0.25, -0.2) is 4.57 Å². The lowest BCUT2D eigenvalue weighted by molar-refractivity contribution is -0.687. The summed E-state index contributed by atoms with van der Waals surface area (Å²) in [5.74, 6) is 0.806. The first kappa shape index (κ1) is 16.0. The third-order valence-electron chi connectivity index (χ3n) is 2.47. The minimum absolute atomic E-state index is 0. The maximum absolute atomic E-state index is 11.9. The first-order valence-corrected chi connectivity index (χ1v) is 5.76. The minimum atomic E-state index is 0. The molecule has 0 atom stereocenters. The van der Waals surface area contributed by atoms with Gasteiger partial charge in [0.1, 0.15) is 0 Å². The lowest BCUT2D eigenvalue weighted by Gasteiger charge is -2.03. The number of carbonyl (C=O) groups excluding carboxylic acids is 1. The molecule has 0 N–H and O–H groups in total. The molecule has 1 aromatic heterocycles. The predicted octanol–water partition coefficient (Wildman–Crippen LogP) is -0.217. The van der Waals surface area contributed by atoms with Crippen LogP contribution < -0.4 is 21.5 Å². The van der Waals surface area contributed by atoms with Gasteiger partial charge in [0.15, 0.2) is 24.7 Å². The molecule has 0 aliphatic heterocycles. The van der Waals surface area contributed by atoms with Crippen molar-refractivity contribution >= 4 is 5.78 Å². The lowest BCUT2D eigenvalue weighted by atomic mass is 10.0. The molecule has 3 heteroatoms. The number of rotatable bonds is 6. The summed E-state index contributed by atoms with van der Waals surface area (Å²) in [6.45, 7) is 8.70. The summed E-state index contributed by atoms with van der Waals surface area (Å²) in [5, 5.41) is 0. The normalized spacial score (nSPS) is 9.82. The van der Waals surface area contributed by atoms with Crippen molar-refractivity contribution in [1.82, 2.24) is 0 Å². The van der Waals surface area contributed by atoms with Gasteiger partial charge in [-0.05, 0) is 24.5 Å². The van der Waals surface area contributed by atoms with Gasteiger partial charge in [-0.2, -0.15) is 0 Å². The quantitative estimate of drug-likeness (QED) is 0.404. The van der Waals surface area contributed by atoms with Crippen LogP contribution in [0, 0.1) is 5.92 Å². The zero-order valence-electron chi connectivity index (χ0n) is 10.5. The molecule has 0 saturated heterocycles. The molecule has 1 aromatic rings. The second-order valence-electron chi connectivity index (χ2n) is 4.43. The van der Waals surface area contributed by atoms with E-state index in [4.69, 9.17) is 0 Å². The number of nitrogens with zero attached hydrogens (tertiary/aromatic N) is 1. The highest BCUT2D eigenvalue weighted by Crippen LogP contribution is 2.08. The van der Waals surface area contributed by atoms with Crippen molar-refractivity contribution in [3.63, 3.8) is 0 Å². The average Bonchev–Trinajstić information content (AvgIpc) is 2.26. The summed E-state index contributed by atoms with van der Waals surface area (Å²) in [4.78, 5) is 11.9. The van der Waals surface area contributed by atoms with Crippen molar-refractivity contribution in [1.29, 1.82) is 0 Å². The number of halogens is 1. The van der Waals surface area contributed by atoms with E-state index >= 15 is 0 Å². The topological polar surface area (TPSA) is 20.9 Å². The van der Waals surface area contributed by atoms with Crippen molar-refractivity contribution in [2.45, 2.75) is 33.2 Å². The van der Waals surface area contributed by atoms with E-state index in [0.29, 0.717) is 12.3 Å². The Morgan fingerprint density at radius 1 is 1.53 bits per heavy atom. The fourth-order valence-electron chi connectivity index (χ4n) is 1.51. The third-order valence-corrected chi connectivity index (χ3v) is 2.47. The molecule has 0 spiro atoms. The van der Waals surface area contributed by atoms with E-state index < -0.39 is 0 Å². The van der Waals surface area contributed by atoms with Gasteiger partial charge in [-0.1, -0.05) is 20.4 Å². The van der Waals surface area contributed by atoms with E-state index in [0.717, 1.165) is 18.5 Å². The summed E-state index contributed by atoms with van der Waals surface area (Å²) in [6, 6.07) is 3.79. The van der Waals surface area contributed by atoms with Crippen LogP contribution in [0.4, 0.5) is 0 Å². The maximum atomic E-state index is 11.9. The standard InChI is InChI=1S/C14H20NO.BrH/c1-4-9-15-10-5-6-13(11-15)14(16)8-7-12(2)3;/h4-6,10-12H,1,7-9H2,2-3H3;1H/q+1;/p-1. The van der Waals surface area contributed by atoms with Crippen LogP contribution in [0.1, 0.15) is 37.0 Å². The molecule has 0 saturated carbocycles. The average molecular weight is 298 g/mol. The van der Waals surface area contributed by atoms with Gasteiger partial charge < -0.3 is 17.0 Å². The van der Waals surface area contributed by atoms with E-state index in [1.54, 1.807) is 0 Å². The van der Waals surface area contributed by atoms with E-state index in [2.05, 4.69) is 20.4 Å². The fraction of sp³-hybridized carbons (Fsp3) is 0.429. The third kappa shape index (κ3) is 5.78. The molecule has 17 heavy (non-hydrogen) atoms. The van der Waals surface area contributed by atoms with Gasteiger partial charge >= 0.3 is 0 Å². The molecular weight excluding hydrogens is 278 g/mol. The zero-order chi connectivity index (χ0) is 12.0. The smallest absolute Gasteiger partial charge is 0.179 e. The SMILES string of the molecule is C=CC[n+]1cccc(C(=O)CCC(C)C)c1.[Br-]. The van der Waals surface area contributed by atoms with Crippen LogP contribution in [-0.2, 0) is 6.54 Å². The predicted molar refractivity (Wildman–Crippen MR) is 65.2 cm³/mol. The van der Waals surface area contributed by atoms with Crippen molar-refractivity contribution < 1.29 is 26.3 Å². The lowest BCUT2D eigenvalue weighted by Crippen LogP contribution is -3.00. The fourth-order valence-corrected chi connectivity index (χ4v) is 1.51. The molecule has 94 valence electrons. The Morgan fingerprint density at radius 3 is 2.82 bits per heavy atom. The molecule has 0 unspecified atom stereocenters. The zero-order valence-corrected chi connectivity index (χ0v) is 12.1. The maximum Gasteiger partial charge on any atom is 0.179 e. The molecule has 0 aromatic carbocycles. The summed E-state index contributed by atoms with van der Waals surface area (Å²) in [6.07, 6.45) is 7.25. The van der Waals surface area contributed by atoms with Gasteiger partial charge in [-0.3, -0.25) is 4.79 Å². The molecule has 0 aliphatic rings. The number of hydrogen-bond acceptors (Lipinski definition) is 1. The summed E-state index contributed by atoms with van der Waals surface area (Å²) in [7, 11) is 0. The van der Waals surface area contributed by atoms with Gasteiger partial charge in [0.25, 0.3) is 0 Å². The van der Waals surface area contributed by atoms with E-state index in [1.165, 1.54) is 0 Å². The Kier molecular flexibility index (Phi) is 7.72. The number of ketones is 1. The number of hydrogen-bond donors (Lipinski definition) is 0. The molecule has 0 fully saturated rings. The van der Waals surface area contributed by atoms with Crippen LogP contribution in [0.15, 0.2) is 37.2 Å². The van der Waals surface area contributed by atoms with E-state index in [9.17, 15) is 4.79 Å². The highest BCUT2D eigenvalue weighted by molar-refractivity contribution is 5.95. The van der Waals surface area contributed by atoms with Crippen LogP contribution in [-0.4, -0.2) is 5.78 Å². The van der Waals surface area contributed by atoms with E-state index in [1.807, 2.05) is 35.2 Å². The Hall–Kier alpha value is -0.960. The van der Waals surface area contributed by atoms with Crippen LogP contribution in [0.25, 0.3) is 0 Å². The monoisotopic (exact) mass is 297 g/mol. The van der Waals surface area contributed by atoms with Crippen molar-refractivity contribution in [3.8, 4) is 0 Å². The van der Waals surface area contributed by atoms with Crippen LogP contribution >= 0.6 is 0 Å². The molecule has 1 heterocycles. The molecular formula is C14H20BrNO. The largest absolute Gasteiger partial charge is 1.00 e. The molecule has 0 amide bonds. The molecule has 1 rings (SSSR count). The first-order chi connectivity index (χ1) is 7.63. The summed E-state index contributed by atoms with van der Waals surface area (Å²) >= 11 is 0. The van der Waals surface area contributed by atoms with Crippen molar-refractivity contribution in [3.05, 3.63) is 42.7 Å². The van der Waals surface area contributed by atoms with Crippen LogP contribution in [0.2, 0.25) is 0 Å².